The Labute approximate surface area is 94.8 Å². The molecule has 0 fully saturated rings. The van der Waals surface area contributed by atoms with Gasteiger partial charge in [0, 0.05) is 4.47 Å². The highest BCUT2D eigenvalue weighted by Crippen LogP contribution is 2.32. The van der Waals surface area contributed by atoms with Crippen LogP contribution in [-0.4, -0.2) is 6.54 Å². The SMILES string of the molecule is CC(CN)C(C)(C)c1cccc(Br)c1. The summed E-state index contributed by atoms with van der Waals surface area (Å²) in [7, 11) is 0. The van der Waals surface area contributed by atoms with Gasteiger partial charge in [0.25, 0.3) is 0 Å². The van der Waals surface area contributed by atoms with Crippen molar-refractivity contribution in [3.05, 3.63) is 34.3 Å². The average Bonchev–Trinajstić information content (AvgIpc) is 2.16. The van der Waals surface area contributed by atoms with E-state index in [1.54, 1.807) is 0 Å². The molecule has 0 heterocycles. The zero-order valence-electron chi connectivity index (χ0n) is 9.05. The molecule has 0 radical (unpaired) electrons. The summed E-state index contributed by atoms with van der Waals surface area (Å²) in [5.74, 6) is 0.483. The molecular weight excluding hydrogens is 238 g/mol. The number of benzene rings is 1. The van der Waals surface area contributed by atoms with Crippen LogP contribution in [0.4, 0.5) is 0 Å². The Morgan fingerprint density at radius 3 is 2.57 bits per heavy atom. The highest BCUT2D eigenvalue weighted by Gasteiger charge is 2.26. The van der Waals surface area contributed by atoms with Gasteiger partial charge >= 0.3 is 0 Å². The summed E-state index contributed by atoms with van der Waals surface area (Å²) in [6.45, 7) is 7.40. The molecule has 1 aromatic rings. The third-order valence-corrected chi connectivity index (χ3v) is 3.65. The maximum Gasteiger partial charge on any atom is 0.0178 e. The van der Waals surface area contributed by atoms with Gasteiger partial charge in [0.1, 0.15) is 0 Å². The summed E-state index contributed by atoms with van der Waals surface area (Å²) < 4.78 is 1.13. The van der Waals surface area contributed by atoms with Gasteiger partial charge in [0.15, 0.2) is 0 Å². The van der Waals surface area contributed by atoms with Crippen LogP contribution in [0.25, 0.3) is 0 Å². The topological polar surface area (TPSA) is 26.0 Å². The molecule has 1 aromatic carbocycles. The van der Waals surface area contributed by atoms with Crippen LogP contribution in [0.3, 0.4) is 0 Å². The fourth-order valence-corrected chi connectivity index (χ4v) is 1.87. The van der Waals surface area contributed by atoms with Crippen molar-refractivity contribution in [1.82, 2.24) is 0 Å². The van der Waals surface area contributed by atoms with E-state index in [2.05, 4.69) is 54.9 Å². The molecular formula is C12H18BrN. The third-order valence-electron chi connectivity index (χ3n) is 3.15. The van der Waals surface area contributed by atoms with Gasteiger partial charge in [-0.25, -0.2) is 0 Å². The molecule has 0 aliphatic carbocycles. The monoisotopic (exact) mass is 255 g/mol. The summed E-state index contributed by atoms with van der Waals surface area (Å²) in [4.78, 5) is 0. The lowest BCUT2D eigenvalue weighted by Gasteiger charge is -2.31. The molecule has 0 aliphatic heterocycles. The van der Waals surface area contributed by atoms with Crippen LogP contribution in [0.2, 0.25) is 0 Å². The van der Waals surface area contributed by atoms with Crippen molar-refractivity contribution in [3.8, 4) is 0 Å². The molecule has 78 valence electrons. The quantitative estimate of drug-likeness (QED) is 0.882. The predicted octanol–water partition coefficient (Wildman–Crippen LogP) is 3.32. The van der Waals surface area contributed by atoms with E-state index < -0.39 is 0 Å². The van der Waals surface area contributed by atoms with Crippen LogP contribution in [0.1, 0.15) is 26.3 Å². The fraction of sp³-hybridized carbons (Fsp3) is 0.500. The summed E-state index contributed by atoms with van der Waals surface area (Å²) in [5, 5.41) is 0. The Morgan fingerprint density at radius 1 is 1.43 bits per heavy atom. The van der Waals surface area contributed by atoms with Crippen LogP contribution >= 0.6 is 15.9 Å². The first kappa shape index (κ1) is 11.7. The summed E-state index contributed by atoms with van der Waals surface area (Å²) in [6, 6.07) is 8.46. The van der Waals surface area contributed by atoms with Crippen molar-refractivity contribution in [1.29, 1.82) is 0 Å². The Balaban J connectivity index is 3.03. The lowest BCUT2D eigenvalue weighted by molar-refractivity contribution is 0.352. The second-order valence-corrected chi connectivity index (χ2v) is 5.28. The number of hydrogen-bond acceptors (Lipinski definition) is 1. The lowest BCUT2D eigenvalue weighted by Crippen LogP contribution is -2.32. The van der Waals surface area contributed by atoms with Gasteiger partial charge in [-0.15, -0.1) is 0 Å². The molecule has 1 nitrogen and oxygen atoms in total. The zero-order valence-corrected chi connectivity index (χ0v) is 10.6. The minimum absolute atomic E-state index is 0.137. The minimum Gasteiger partial charge on any atom is -0.330 e. The summed E-state index contributed by atoms with van der Waals surface area (Å²) >= 11 is 3.49. The van der Waals surface area contributed by atoms with Crippen molar-refractivity contribution >= 4 is 15.9 Å². The van der Waals surface area contributed by atoms with Gasteiger partial charge in [-0.1, -0.05) is 48.8 Å². The minimum atomic E-state index is 0.137. The molecule has 0 aromatic heterocycles. The van der Waals surface area contributed by atoms with Crippen molar-refractivity contribution in [2.24, 2.45) is 11.7 Å². The van der Waals surface area contributed by atoms with Crippen molar-refractivity contribution < 1.29 is 0 Å². The van der Waals surface area contributed by atoms with Crippen LogP contribution in [0.5, 0.6) is 0 Å². The van der Waals surface area contributed by atoms with E-state index >= 15 is 0 Å². The maximum absolute atomic E-state index is 5.72. The Morgan fingerprint density at radius 2 is 2.07 bits per heavy atom. The third kappa shape index (κ3) is 2.37. The highest BCUT2D eigenvalue weighted by atomic mass is 79.9. The number of rotatable bonds is 3. The summed E-state index contributed by atoms with van der Waals surface area (Å²) in [5.41, 5.74) is 7.20. The van der Waals surface area contributed by atoms with Gasteiger partial charge in [0.2, 0.25) is 0 Å². The first-order valence-corrected chi connectivity index (χ1v) is 5.74. The average molecular weight is 256 g/mol. The first-order valence-electron chi connectivity index (χ1n) is 4.94. The number of hydrogen-bond donors (Lipinski definition) is 1. The van der Waals surface area contributed by atoms with Crippen LogP contribution in [-0.2, 0) is 5.41 Å². The van der Waals surface area contributed by atoms with Gasteiger partial charge in [-0.2, -0.15) is 0 Å². The molecule has 0 saturated carbocycles. The maximum atomic E-state index is 5.72. The van der Waals surface area contributed by atoms with Gasteiger partial charge in [0.05, 0.1) is 0 Å². The zero-order chi connectivity index (χ0) is 10.8. The summed E-state index contributed by atoms with van der Waals surface area (Å²) in [6.07, 6.45) is 0. The van der Waals surface area contributed by atoms with Crippen molar-refractivity contribution in [2.45, 2.75) is 26.2 Å². The highest BCUT2D eigenvalue weighted by molar-refractivity contribution is 9.10. The van der Waals surface area contributed by atoms with Crippen molar-refractivity contribution in [3.63, 3.8) is 0 Å². The molecule has 1 rings (SSSR count). The molecule has 2 N–H and O–H groups in total. The number of halogens is 1. The molecule has 0 bridgehead atoms. The predicted molar refractivity (Wildman–Crippen MR) is 65.4 cm³/mol. The van der Waals surface area contributed by atoms with Gasteiger partial charge in [-0.05, 0) is 35.6 Å². The van der Waals surface area contributed by atoms with E-state index in [0.717, 1.165) is 11.0 Å². The molecule has 2 heteroatoms. The number of nitrogens with two attached hydrogens (primary N) is 1. The van der Waals surface area contributed by atoms with Crippen LogP contribution in [0, 0.1) is 5.92 Å². The van der Waals surface area contributed by atoms with E-state index in [9.17, 15) is 0 Å². The molecule has 0 saturated heterocycles. The lowest BCUT2D eigenvalue weighted by atomic mass is 9.74. The second kappa shape index (κ2) is 4.45. The van der Waals surface area contributed by atoms with E-state index in [0.29, 0.717) is 5.92 Å². The fourth-order valence-electron chi connectivity index (χ4n) is 1.47. The Kier molecular flexibility index (Phi) is 3.73. The Bertz CT molecular complexity index is 307. The molecule has 1 unspecified atom stereocenters. The largest absolute Gasteiger partial charge is 0.330 e. The normalized spacial score (nSPS) is 14.1. The van der Waals surface area contributed by atoms with E-state index in [1.165, 1.54) is 5.56 Å². The molecule has 0 aliphatic rings. The van der Waals surface area contributed by atoms with E-state index in [4.69, 9.17) is 5.73 Å². The van der Waals surface area contributed by atoms with Crippen LogP contribution in [0.15, 0.2) is 28.7 Å². The molecule has 0 amide bonds. The standard InChI is InChI=1S/C12H18BrN/c1-9(8-14)12(2,3)10-5-4-6-11(13)7-10/h4-7,9H,8,14H2,1-3H3. The molecule has 1 atom stereocenters. The van der Waals surface area contributed by atoms with Crippen molar-refractivity contribution in [2.75, 3.05) is 6.54 Å². The molecule has 0 spiro atoms. The first-order chi connectivity index (χ1) is 6.48. The van der Waals surface area contributed by atoms with Gasteiger partial charge < -0.3 is 5.73 Å². The molecule has 14 heavy (non-hydrogen) atoms. The Hall–Kier alpha value is -0.340. The van der Waals surface area contributed by atoms with Gasteiger partial charge in [-0.3, -0.25) is 0 Å². The van der Waals surface area contributed by atoms with E-state index in [1.807, 2.05) is 6.07 Å². The second-order valence-electron chi connectivity index (χ2n) is 4.37. The van der Waals surface area contributed by atoms with E-state index in [-0.39, 0.29) is 5.41 Å². The smallest absolute Gasteiger partial charge is 0.0178 e. The van der Waals surface area contributed by atoms with Crippen LogP contribution < -0.4 is 5.73 Å².